The molecule has 0 N–H and O–H groups in total. The van der Waals surface area contributed by atoms with Crippen molar-refractivity contribution < 1.29 is 13.2 Å². The molecule has 0 saturated carbocycles. The van der Waals surface area contributed by atoms with Crippen LogP contribution >= 0.6 is 0 Å². The number of nitrogens with zero attached hydrogens (tertiary/aromatic N) is 2. The number of hydrogen-bond donors (Lipinski definition) is 0. The fourth-order valence-electron chi connectivity index (χ4n) is 1.33. The number of halogens is 2. The Balaban J connectivity index is 2.20. The van der Waals surface area contributed by atoms with Gasteiger partial charge in [-0.2, -0.15) is 0 Å². The van der Waals surface area contributed by atoms with E-state index in [2.05, 4.69) is 10.2 Å². The van der Waals surface area contributed by atoms with Crippen LogP contribution in [0, 0.1) is 11.6 Å². The van der Waals surface area contributed by atoms with E-state index in [0.29, 0.717) is 23.8 Å². The number of aromatic nitrogens is 2. The Bertz CT molecular complexity index is 496. The SMILES string of the molecule is CCc1nnc(Cc2ccc(F)cc2F)o1. The maximum absolute atomic E-state index is 13.3. The van der Waals surface area contributed by atoms with Gasteiger partial charge in [0.25, 0.3) is 0 Å². The third-order valence-corrected chi connectivity index (χ3v) is 2.17. The van der Waals surface area contributed by atoms with E-state index in [1.807, 2.05) is 6.92 Å². The van der Waals surface area contributed by atoms with Gasteiger partial charge in [0.05, 0.1) is 6.42 Å². The summed E-state index contributed by atoms with van der Waals surface area (Å²) in [5, 5.41) is 7.53. The first kappa shape index (κ1) is 10.7. The molecule has 1 heterocycles. The average Bonchev–Trinajstić information content (AvgIpc) is 2.70. The molecule has 0 unspecified atom stereocenters. The van der Waals surface area contributed by atoms with Gasteiger partial charge in [-0.05, 0) is 11.6 Å². The summed E-state index contributed by atoms with van der Waals surface area (Å²) in [7, 11) is 0. The Kier molecular flexibility index (Phi) is 2.94. The highest BCUT2D eigenvalue weighted by Gasteiger charge is 2.09. The molecule has 0 amide bonds. The van der Waals surface area contributed by atoms with Gasteiger partial charge in [0, 0.05) is 12.5 Å². The predicted octanol–water partition coefficient (Wildman–Crippen LogP) is 2.50. The van der Waals surface area contributed by atoms with E-state index in [1.165, 1.54) is 12.1 Å². The number of benzene rings is 1. The van der Waals surface area contributed by atoms with Crippen LogP contribution in [0.3, 0.4) is 0 Å². The summed E-state index contributed by atoms with van der Waals surface area (Å²) in [5.74, 6) is -0.350. The van der Waals surface area contributed by atoms with Crippen LogP contribution in [0.15, 0.2) is 22.6 Å². The minimum Gasteiger partial charge on any atom is -0.425 e. The molecule has 1 aromatic heterocycles. The third-order valence-electron chi connectivity index (χ3n) is 2.17. The van der Waals surface area contributed by atoms with Crippen molar-refractivity contribution in [1.29, 1.82) is 0 Å². The fraction of sp³-hybridized carbons (Fsp3) is 0.273. The second-order valence-corrected chi connectivity index (χ2v) is 3.36. The molecule has 1 aromatic carbocycles. The zero-order chi connectivity index (χ0) is 11.5. The molecule has 0 fully saturated rings. The molecule has 0 aliphatic rings. The van der Waals surface area contributed by atoms with Crippen LogP contribution in [0.4, 0.5) is 8.78 Å². The van der Waals surface area contributed by atoms with E-state index >= 15 is 0 Å². The molecule has 0 aliphatic heterocycles. The van der Waals surface area contributed by atoms with Gasteiger partial charge in [0.15, 0.2) is 0 Å². The minimum absolute atomic E-state index is 0.180. The highest BCUT2D eigenvalue weighted by Crippen LogP contribution is 2.14. The lowest BCUT2D eigenvalue weighted by Crippen LogP contribution is -1.93. The lowest BCUT2D eigenvalue weighted by atomic mass is 10.1. The van der Waals surface area contributed by atoms with Crippen molar-refractivity contribution in [3.63, 3.8) is 0 Å². The molecule has 0 spiro atoms. The van der Waals surface area contributed by atoms with Crippen molar-refractivity contribution in [2.75, 3.05) is 0 Å². The highest BCUT2D eigenvalue weighted by atomic mass is 19.1. The zero-order valence-corrected chi connectivity index (χ0v) is 8.70. The van der Waals surface area contributed by atoms with Gasteiger partial charge in [-0.15, -0.1) is 10.2 Å². The quantitative estimate of drug-likeness (QED) is 0.804. The number of rotatable bonds is 3. The summed E-state index contributed by atoms with van der Waals surface area (Å²) >= 11 is 0. The first-order valence-electron chi connectivity index (χ1n) is 4.94. The van der Waals surface area contributed by atoms with Crippen molar-refractivity contribution in [2.45, 2.75) is 19.8 Å². The Morgan fingerprint density at radius 3 is 2.56 bits per heavy atom. The van der Waals surface area contributed by atoms with E-state index in [1.54, 1.807) is 0 Å². The van der Waals surface area contributed by atoms with Crippen molar-refractivity contribution in [3.8, 4) is 0 Å². The molecule has 0 radical (unpaired) electrons. The van der Waals surface area contributed by atoms with E-state index in [-0.39, 0.29) is 6.42 Å². The molecule has 5 heteroatoms. The van der Waals surface area contributed by atoms with Gasteiger partial charge in [-0.3, -0.25) is 0 Å². The van der Waals surface area contributed by atoms with Gasteiger partial charge < -0.3 is 4.42 Å². The lowest BCUT2D eigenvalue weighted by molar-refractivity contribution is 0.459. The molecule has 0 aliphatic carbocycles. The molecular weight excluding hydrogens is 214 g/mol. The van der Waals surface area contributed by atoms with Crippen molar-refractivity contribution in [1.82, 2.24) is 10.2 Å². The monoisotopic (exact) mass is 224 g/mol. The second kappa shape index (κ2) is 4.38. The molecule has 0 saturated heterocycles. The molecule has 3 nitrogen and oxygen atoms in total. The summed E-state index contributed by atoms with van der Waals surface area (Å²) < 4.78 is 31.2. The third kappa shape index (κ3) is 2.24. The molecule has 84 valence electrons. The molecule has 16 heavy (non-hydrogen) atoms. The number of hydrogen-bond acceptors (Lipinski definition) is 3. The second-order valence-electron chi connectivity index (χ2n) is 3.36. The summed E-state index contributed by atoms with van der Waals surface area (Å²) in [6.07, 6.45) is 0.817. The summed E-state index contributed by atoms with van der Waals surface area (Å²) in [5.41, 5.74) is 0.340. The van der Waals surface area contributed by atoms with Crippen molar-refractivity contribution in [2.24, 2.45) is 0 Å². The molecule has 2 aromatic rings. The van der Waals surface area contributed by atoms with Crippen LogP contribution in [0.5, 0.6) is 0 Å². The number of aryl methyl sites for hydroxylation is 1. The topological polar surface area (TPSA) is 38.9 Å². The Morgan fingerprint density at radius 1 is 1.19 bits per heavy atom. The summed E-state index contributed by atoms with van der Waals surface area (Å²) in [4.78, 5) is 0. The fourth-order valence-corrected chi connectivity index (χ4v) is 1.33. The zero-order valence-electron chi connectivity index (χ0n) is 8.70. The van der Waals surface area contributed by atoms with E-state index in [9.17, 15) is 8.78 Å². The van der Waals surface area contributed by atoms with Gasteiger partial charge >= 0.3 is 0 Å². The molecule has 0 atom stereocenters. The van der Waals surface area contributed by atoms with E-state index in [4.69, 9.17) is 4.42 Å². The van der Waals surface area contributed by atoms with Crippen LogP contribution < -0.4 is 0 Å². The summed E-state index contributed by atoms with van der Waals surface area (Å²) in [6, 6.07) is 3.42. The van der Waals surface area contributed by atoms with Crippen LogP contribution in [-0.4, -0.2) is 10.2 Å². The maximum Gasteiger partial charge on any atom is 0.221 e. The molecule has 0 bridgehead atoms. The normalized spacial score (nSPS) is 10.7. The van der Waals surface area contributed by atoms with Crippen molar-refractivity contribution >= 4 is 0 Å². The van der Waals surface area contributed by atoms with Gasteiger partial charge in [0.2, 0.25) is 11.8 Å². The smallest absolute Gasteiger partial charge is 0.221 e. The molecular formula is C11H10F2N2O. The standard InChI is InChI=1S/C11H10F2N2O/c1-2-10-14-15-11(16-10)5-7-3-4-8(12)6-9(7)13/h3-4,6H,2,5H2,1H3. The van der Waals surface area contributed by atoms with Crippen LogP contribution in [0.1, 0.15) is 24.3 Å². The lowest BCUT2D eigenvalue weighted by Gasteiger charge is -1.99. The Morgan fingerprint density at radius 2 is 1.94 bits per heavy atom. The summed E-state index contributed by atoms with van der Waals surface area (Å²) in [6.45, 7) is 1.88. The predicted molar refractivity (Wildman–Crippen MR) is 52.8 cm³/mol. The van der Waals surface area contributed by atoms with Crippen LogP contribution in [-0.2, 0) is 12.8 Å². The van der Waals surface area contributed by atoms with Crippen molar-refractivity contribution in [3.05, 3.63) is 47.2 Å². The Labute approximate surface area is 91.1 Å². The van der Waals surface area contributed by atoms with Crippen LogP contribution in [0.25, 0.3) is 0 Å². The average molecular weight is 224 g/mol. The van der Waals surface area contributed by atoms with E-state index < -0.39 is 11.6 Å². The first-order chi connectivity index (χ1) is 7.69. The Hall–Kier alpha value is -1.78. The largest absolute Gasteiger partial charge is 0.425 e. The van der Waals surface area contributed by atoms with Gasteiger partial charge in [0.1, 0.15) is 11.6 Å². The van der Waals surface area contributed by atoms with Gasteiger partial charge in [-0.25, -0.2) is 8.78 Å². The molecule has 2 rings (SSSR count). The first-order valence-corrected chi connectivity index (χ1v) is 4.94. The minimum atomic E-state index is -0.601. The maximum atomic E-state index is 13.3. The van der Waals surface area contributed by atoms with Gasteiger partial charge in [-0.1, -0.05) is 13.0 Å². The van der Waals surface area contributed by atoms with E-state index in [0.717, 1.165) is 6.07 Å². The highest BCUT2D eigenvalue weighted by molar-refractivity contribution is 5.21. The van der Waals surface area contributed by atoms with Crippen LogP contribution in [0.2, 0.25) is 0 Å².